The molecule has 7 heteroatoms. The van der Waals surface area contributed by atoms with Crippen molar-refractivity contribution in [3.63, 3.8) is 0 Å². The van der Waals surface area contributed by atoms with Crippen molar-refractivity contribution in [3.05, 3.63) is 131 Å². The molecule has 1 fully saturated rings. The van der Waals surface area contributed by atoms with Crippen LogP contribution in [0.5, 0.6) is 11.5 Å². The molecule has 4 aromatic rings. The maximum atomic E-state index is 14.8. The van der Waals surface area contributed by atoms with Gasteiger partial charge in [-0.1, -0.05) is 72.8 Å². The second-order valence-corrected chi connectivity index (χ2v) is 10.7. The molecule has 3 aliphatic rings. The molecule has 3 aliphatic heterocycles. The average molecular weight is 557 g/mol. The number of hydrogen-bond donors (Lipinski definition) is 1. The zero-order valence-corrected chi connectivity index (χ0v) is 23.1. The van der Waals surface area contributed by atoms with Crippen molar-refractivity contribution in [1.29, 1.82) is 0 Å². The van der Waals surface area contributed by atoms with E-state index in [1.807, 2.05) is 71.8 Å². The fourth-order valence-electron chi connectivity index (χ4n) is 7.11. The zero-order chi connectivity index (χ0) is 29.0. The van der Waals surface area contributed by atoms with Gasteiger partial charge in [0.15, 0.2) is 23.1 Å². The fraction of sp³-hybridized carbons (Fsp3) is 0.171. The smallest absolute Gasteiger partial charge is 0.238 e. The van der Waals surface area contributed by atoms with Gasteiger partial charge in [-0.25, -0.2) is 0 Å². The van der Waals surface area contributed by atoms with Crippen LogP contribution in [-0.4, -0.2) is 42.6 Å². The highest BCUT2D eigenvalue weighted by Gasteiger charge is 2.70. The van der Waals surface area contributed by atoms with Gasteiger partial charge in [-0.05, 0) is 47.0 Å². The van der Waals surface area contributed by atoms with Crippen molar-refractivity contribution in [2.45, 2.75) is 17.5 Å². The van der Waals surface area contributed by atoms with Gasteiger partial charge in [-0.3, -0.25) is 14.4 Å². The summed E-state index contributed by atoms with van der Waals surface area (Å²) in [6.07, 6.45) is 3.81. The molecule has 208 valence electrons. The minimum absolute atomic E-state index is 0.262. The third-order valence-corrected chi connectivity index (χ3v) is 8.85. The number of carbonyl (C=O) groups is 3. The number of rotatable bonds is 6. The van der Waals surface area contributed by atoms with Crippen molar-refractivity contribution < 1.29 is 23.9 Å². The van der Waals surface area contributed by atoms with Crippen molar-refractivity contribution in [3.8, 4) is 11.5 Å². The summed E-state index contributed by atoms with van der Waals surface area (Å²) in [7, 11) is 3.05. The lowest BCUT2D eigenvalue weighted by atomic mass is 9.62. The third-order valence-electron chi connectivity index (χ3n) is 8.85. The van der Waals surface area contributed by atoms with E-state index in [4.69, 9.17) is 9.47 Å². The molecule has 42 heavy (non-hydrogen) atoms. The lowest BCUT2D eigenvalue weighted by molar-refractivity contribution is -0.122. The number of amides is 1. The summed E-state index contributed by atoms with van der Waals surface area (Å²) < 4.78 is 10.9. The summed E-state index contributed by atoms with van der Waals surface area (Å²) in [6.45, 7) is 0. The average Bonchev–Trinajstić information content (AvgIpc) is 3.52. The summed E-state index contributed by atoms with van der Waals surface area (Å²) in [5.41, 5.74) is 2.63. The van der Waals surface area contributed by atoms with Gasteiger partial charge in [0, 0.05) is 23.0 Å². The third kappa shape index (κ3) is 3.49. The number of methoxy groups -OCH3 is 2. The highest BCUT2D eigenvalue weighted by molar-refractivity contribution is 6.16. The van der Waals surface area contributed by atoms with E-state index in [1.54, 1.807) is 42.5 Å². The molecule has 1 amide bonds. The van der Waals surface area contributed by atoms with Gasteiger partial charge in [0.05, 0.1) is 26.2 Å². The monoisotopic (exact) mass is 556 g/mol. The van der Waals surface area contributed by atoms with E-state index >= 15 is 0 Å². The minimum atomic E-state index is -1.37. The van der Waals surface area contributed by atoms with Crippen LogP contribution in [0.4, 0.5) is 5.69 Å². The summed E-state index contributed by atoms with van der Waals surface area (Å²) >= 11 is 0. The Morgan fingerprint density at radius 1 is 0.786 bits per heavy atom. The van der Waals surface area contributed by atoms with E-state index in [0.717, 1.165) is 11.1 Å². The number of fused-ring (bicyclic) bond motifs is 6. The summed E-state index contributed by atoms with van der Waals surface area (Å²) in [5.74, 6) is -0.981. The van der Waals surface area contributed by atoms with Crippen LogP contribution in [0.2, 0.25) is 0 Å². The number of anilines is 1. The lowest BCUT2D eigenvalue weighted by Crippen LogP contribution is -2.49. The Kier molecular flexibility index (Phi) is 5.97. The van der Waals surface area contributed by atoms with Crippen LogP contribution in [-0.2, 0) is 10.2 Å². The first-order chi connectivity index (χ1) is 20.5. The first-order valence-corrected chi connectivity index (χ1v) is 13.8. The molecule has 0 aromatic heterocycles. The molecule has 0 bridgehead atoms. The summed E-state index contributed by atoms with van der Waals surface area (Å²) in [6, 6.07) is 27.7. The van der Waals surface area contributed by atoms with Crippen LogP contribution in [0.3, 0.4) is 0 Å². The Morgan fingerprint density at radius 2 is 1.50 bits per heavy atom. The molecule has 0 saturated carbocycles. The highest BCUT2D eigenvalue weighted by atomic mass is 16.5. The first kappa shape index (κ1) is 25.8. The Hall–Kier alpha value is -5.17. The molecule has 1 saturated heterocycles. The van der Waals surface area contributed by atoms with Gasteiger partial charge in [-0.2, -0.15) is 0 Å². The molecular formula is C35H28N2O5. The van der Waals surface area contributed by atoms with Crippen molar-refractivity contribution >= 4 is 29.2 Å². The molecule has 3 heterocycles. The highest BCUT2D eigenvalue weighted by Crippen LogP contribution is 2.62. The molecule has 4 aromatic carbocycles. The van der Waals surface area contributed by atoms with E-state index in [-0.39, 0.29) is 17.5 Å². The summed E-state index contributed by atoms with van der Waals surface area (Å²) in [5, 5.41) is 3.07. The Bertz CT molecular complexity index is 1780. The first-order valence-electron chi connectivity index (χ1n) is 13.8. The predicted molar refractivity (Wildman–Crippen MR) is 159 cm³/mol. The van der Waals surface area contributed by atoms with E-state index in [2.05, 4.69) is 5.32 Å². The fourth-order valence-corrected chi connectivity index (χ4v) is 7.11. The van der Waals surface area contributed by atoms with Crippen molar-refractivity contribution in [2.75, 3.05) is 19.5 Å². The molecule has 7 nitrogen and oxygen atoms in total. The Balaban J connectivity index is 1.52. The lowest BCUT2D eigenvalue weighted by Gasteiger charge is -2.38. The SMILES string of the molecule is COc1ccc(C(=O)[C@@H]2[C@H](C(=O)c3ccccc3)[C@@]3(C(=O)Nc4ccccc43)[C@H]3c4ccccc4C=CN23)cc1OC. The normalized spacial score (nSPS) is 23.1. The van der Waals surface area contributed by atoms with Crippen LogP contribution in [0.25, 0.3) is 6.08 Å². The summed E-state index contributed by atoms with van der Waals surface area (Å²) in [4.78, 5) is 45.9. The topological polar surface area (TPSA) is 84.9 Å². The van der Waals surface area contributed by atoms with E-state index in [0.29, 0.717) is 33.9 Å². The van der Waals surface area contributed by atoms with Crippen LogP contribution in [0.1, 0.15) is 43.4 Å². The van der Waals surface area contributed by atoms with Gasteiger partial charge >= 0.3 is 0 Å². The van der Waals surface area contributed by atoms with Crippen LogP contribution in [0.15, 0.2) is 103 Å². The second kappa shape index (κ2) is 9.73. The van der Waals surface area contributed by atoms with E-state index < -0.39 is 23.4 Å². The second-order valence-electron chi connectivity index (χ2n) is 10.7. The van der Waals surface area contributed by atoms with Crippen LogP contribution >= 0.6 is 0 Å². The predicted octanol–water partition coefficient (Wildman–Crippen LogP) is 5.69. The molecule has 4 atom stereocenters. The van der Waals surface area contributed by atoms with Crippen molar-refractivity contribution in [2.24, 2.45) is 5.92 Å². The Labute approximate surface area is 243 Å². The minimum Gasteiger partial charge on any atom is -0.493 e. The maximum absolute atomic E-state index is 14.8. The Morgan fingerprint density at radius 3 is 2.29 bits per heavy atom. The number of Topliss-reactive ketones (excluding diaryl/α,β-unsaturated/α-hetero) is 2. The molecule has 0 aliphatic carbocycles. The van der Waals surface area contributed by atoms with Crippen LogP contribution in [0, 0.1) is 5.92 Å². The molecule has 1 spiro atoms. The molecule has 1 N–H and O–H groups in total. The van der Waals surface area contributed by atoms with Crippen LogP contribution < -0.4 is 14.8 Å². The largest absolute Gasteiger partial charge is 0.493 e. The molecule has 0 radical (unpaired) electrons. The number of ketones is 2. The number of nitrogens with zero attached hydrogens (tertiary/aromatic N) is 1. The van der Waals surface area contributed by atoms with Gasteiger partial charge in [0.2, 0.25) is 5.91 Å². The number of hydrogen-bond acceptors (Lipinski definition) is 6. The number of carbonyl (C=O) groups excluding carboxylic acids is 3. The van der Waals surface area contributed by atoms with Gasteiger partial charge < -0.3 is 19.7 Å². The molecular weight excluding hydrogens is 528 g/mol. The number of nitrogens with one attached hydrogen (secondary N) is 1. The van der Waals surface area contributed by atoms with Crippen molar-refractivity contribution in [1.82, 2.24) is 4.90 Å². The van der Waals surface area contributed by atoms with Gasteiger partial charge in [0.1, 0.15) is 11.5 Å². The molecule has 7 rings (SSSR count). The number of benzene rings is 4. The standard InChI is InChI=1S/C35H28N2O5/c1-41-27-17-16-23(20-28(27)42-2)32(39)30-29(31(38)22-11-4-3-5-12-22)35(25-14-8-9-15-26(25)36-34(35)40)33-24-13-7-6-10-21(24)18-19-37(30)33/h3-20,29-30,33H,1-2H3,(H,36,40)/t29-,30+,33-,35-/m1/s1. The van der Waals surface area contributed by atoms with E-state index in [9.17, 15) is 14.4 Å². The zero-order valence-electron chi connectivity index (χ0n) is 23.1. The van der Waals surface area contributed by atoms with E-state index in [1.165, 1.54) is 14.2 Å². The molecule has 0 unspecified atom stereocenters. The maximum Gasteiger partial charge on any atom is 0.238 e. The van der Waals surface area contributed by atoms with Gasteiger partial charge in [0.25, 0.3) is 0 Å². The quantitative estimate of drug-likeness (QED) is 0.308. The number of ether oxygens (including phenoxy) is 2. The van der Waals surface area contributed by atoms with Gasteiger partial charge in [-0.15, -0.1) is 0 Å². The number of para-hydroxylation sites is 1.